The van der Waals surface area contributed by atoms with Crippen LogP contribution in [0.25, 0.3) is 0 Å². The summed E-state index contributed by atoms with van der Waals surface area (Å²) < 4.78 is 5.99. The van der Waals surface area contributed by atoms with E-state index in [1.54, 1.807) is 6.20 Å². The number of nitrogen functional groups attached to an aromatic ring is 1. The quantitative estimate of drug-likeness (QED) is 0.459. The van der Waals surface area contributed by atoms with Gasteiger partial charge in [-0.25, -0.2) is 0 Å². The number of aromatic nitrogens is 4. The van der Waals surface area contributed by atoms with Gasteiger partial charge in [0.05, 0.1) is 11.3 Å². The summed E-state index contributed by atoms with van der Waals surface area (Å²) in [5.41, 5.74) is 9.06. The standard InChI is InChI=1S/C25H26N10OS/c26-7-17-20-19(37-21(17)28)3-5-25(20)12-35(13-25)23-18(8-27)22(34-9-14-1-2-15(10-34)30-14)31-24(32-23)36-11-16-4-6-29-33-16/h4,6,14-15,30H,1-3,5,9-13,28H2,(H,29,33)/t14-,15+. The normalized spacial score (nSPS) is 23.0. The topological polar surface area (TPSA) is 156 Å². The second-order valence-corrected chi connectivity index (χ2v) is 11.6. The lowest BCUT2D eigenvalue weighted by atomic mass is 9.74. The summed E-state index contributed by atoms with van der Waals surface area (Å²) in [6.07, 6.45) is 5.85. The Labute approximate surface area is 217 Å². The number of anilines is 3. The zero-order valence-electron chi connectivity index (χ0n) is 20.2. The summed E-state index contributed by atoms with van der Waals surface area (Å²) in [5.74, 6) is 1.23. The highest BCUT2D eigenvalue weighted by atomic mass is 32.1. The Morgan fingerprint density at radius 3 is 2.51 bits per heavy atom. The number of nitrogens with two attached hydrogens (primary N) is 1. The van der Waals surface area contributed by atoms with E-state index >= 15 is 0 Å². The van der Waals surface area contributed by atoms with Crippen LogP contribution in [0.2, 0.25) is 0 Å². The minimum atomic E-state index is -0.128. The molecular weight excluding hydrogens is 488 g/mol. The Balaban J connectivity index is 1.24. The minimum absolute atomic E-state index is 0.128. The Morgan fingerprint density at radius 1 is 1.11 bits per heavy atom. The molecule has 7 rings (SSSR count). The van der Waals surface area contributed by atoms with Crippen LogP contribution in [0.15, 0.2) is 12.3 Å². The minimum Gasteiger partial charge on any atom is -0.457 e. The summed E-state index contributed by atoms with van der Waals surface area (Å²) in [6.45, 7) is 3.22. The average molecular weight is 515 g/mol. The summed E-state index contributed by atoms with van der Waals surface area (Å²) in [7, 11) is 0. The fraction of sp³-hybridized carbons (Fsp3) is 0.480. The smallest absolute Gasteiger partial charge is 0.320 e. The summed E-state index contributed by atoms with van der Waals surface area (Å²) in [4.78, 5) is 15.0. The van der Waals surface area contributed by atoms with E-state index in [0.29, 0.717) is 52.9 Å². The molecule has 4 aliphatic rings. The van der Waals surface area contributed by atoms with Crippen LogP contribution >= 0.6 is 11.3 Å². The average Bonchev–Trinajstić information content (AvgIpc) is 3.66. The SMILES string of the molecule is N#Cc1c(N2C[C@H]3CC[C@@H](C2)N3)nc(OCc2ccn[nH]2)nc1N1CC2(CCc3sc(N)c(C#N)c32)C1. The number of nitrogens with zero attached hydrogens (tertiary/aromatic N) is 7. The predicted octanol–water partition coefficient (Wildman–Crippen LogP) is 1.81. The maximum absolute atomic E-state index is 10.3. The van der Waals surface area contributed by atoms with E-state index in [9.17, 15) is 10.5 Å². The number of nitrogens with one attached hydrogen (secondary N) is 2. The van der Waals surface area contributed by atoms with Crippen LogP contribution in [0.3, 0.4) is 0 Å². The van der Waals surface area contributed by atoms with Crippen LogP contribution in [0.1, 0.15) is 46.5 Å². The number of hydrogen-bond acceptors (Lipinski definition) is 11. The van der Waals surface area contributed by atoms with E-state index in [1.807, 2.05) is 6.07 Å². The van der Waals surface area contributed by atoms with Crippen LogP contribution in [-0.4, -0.2) is 58.4 Å². The van der Waals surface area contributed by atoms with Gasteiger partial charge >= 0.3 is 6.01 Å². The molecule has 1 aliphatic carbocycles. The van der Waals surface area contributed by atoms with Crippen molar-refractivity contribution in [3.63, 3.8) is 0 Å². The molecule has 188 valence electrons. The lowest BCUT2D eigenvalue weighted by molar-refractivity contribution is 0.273. The zero-order chi connectivity index (χ0) is 25.1. The summed E-state index contributed by atoms with van der Waals surface area (Å²) in [5, 5.41) is 31.2. The van der Waals surface area contributed by atoms with Gasteiger partial charge in [-0.05, 0) is 37.3 Å². The molecule has 0 amide bonds. The first-order valence-corrected chi connectivity index (χ1v) is 13.4. The van der Waals surface area contributed by atoms with Crippen molar-refractivity contribution in [3.05, 3.63) is 39.5 Å². The fourth-order valence-electron chi connectivity index (χ4n) is 6.49. The number of fused-ring (bicyclic) bond motifs is 4. The number of ether oxygens (including phenoxy) is 1. The van der Waals surface area contributed by atoms with E-state index in [2.05, 4.69) is 37.5 Å². The second kappa shape index (κ2) is 8.33. The van der Waals surface area contributed by atoms with Gasteiger partial charge in [0.15, 0.2) is 11.6 Å². The van der Waals surface area contributed by atoms with Crippen molar-refractivity contribution >= 4 is 28.0 Å². The van der Waals surface area contributed by atoms with Crippen molar-refractivity contribution in [1.29, 1.82) is 10.5 Å². The Hall–Kier alpha value is -3.87. The maximum atomic E-state index is 10.3. The highest BCUT2D eigenvalue weighted by Gasteiger charge is 2.52. The van der Waals surface area contributed by atoms with E-state index < -0.39 is 0 Å². The number of H-pyrrole nitrogens is 1. The van der Waals surface area contributed by atoms with E-state index in [-0.39, 0.29) is 18.0 Å². The van der Waals surface area contributed by atoms with Crippen molar-refractivity contribution in [3.8, 4) is 18.1 Å². The van der Waals surface area contributed by atoms with Crippen LogP contribution < -0.4 is 25.6 Å². The largest absolute Gasteiger partial charge is 0.457 e. The van der Waals surface area contributed by atoms with Crippen molar-refractivity contribution in [2.24, 2.45) is 0 Å². The van der Waals surface area contributed by atoms with Gasteiger partial charge in [-0.15, -0.1) is 11.3 Å². The fourth-order valence-corrected chi connectivity index (χ4v) is 7.63. The Bertz CT molecular complexity index is 1430. The molecule has 2 atom stereocenters. The van der Waals surface area contributed by atoms with Crippen LogP contribution in [0, 0.1) is 22.7 Å². The van der Waals surface area contributed by atoms with Crippen LogP contribution in [0.5, 0.6) is 6.01 Å². The molecule has 3 saturated heterocycles. The molecule has 0 saturated carbocycles. The van der Waals surface area contributed by atoms with Gasteiger partial charge in [0, 0.05) is 54.8 Å². The van der Waals surface area contributed by atoms with Gasteiger partial charge < -0.3 is 25.6 Å². The summed E-state index contributed by atoms with van der Waals surface area (Å²) >= 11 is 1.54. The predicted molar refractivity (Wildman–Crippen MR) is 137 cm³/mol. The molecule has 37 heavy (non-hydrogen) atoms. The number of thiophene rings is 1. The molecule has 3 aromatic heterocycles. The monoisotopic (exact) mass is 514 g/mol. The maximum Gasteiger partial charge on any atom is 0.320 e. The Kier molecular flexibility index (Phi) is 5.03. The first-order valence-electron chi connectivity index (χ1n) is 12.6. The molecule has 0 radical (unpaired) electrons. The third-order valence-corrected chi connectivity index (χ3v) is 9.24. The molecule has 4 N–H and O–H groups in total. The molecule has 6 heterocycles. The molecule has 3 aliphatic heterocycles. The number of hydrogen-bond donors (Lipinski definition) is 3. The zero-order valence-corrected chi connectivity index (χ0v) is 21.0. The van der Waals surface area contributed by atoms with Crippen molar-refractivity contribution in [2.45, 2.75) is 49.8 Å². The number of nitriles is 2. The number of aryl methyl sites for hydroxylation is 1. The van der Waals surface area contributed by atoms with Crippen LogP contribution in [0.4, 0.5) is 16.6 Å². The highest BCUT2D eigenvalue weighted by Crippen LogP contribution is 2.53. The highest BCUT2D eigenvalue weighted by molar-refractivity contribution is 7.16. The van der Waals surface area contributed by atoms with Crippen molar-refractivity contribution in [2.75, 3.05) is 41.7 Å². The molecule has 0 unspecified atom stereocenters. The first kappa shape index (κ1) is 22.3. The van der Waals surface area contributed by atoms with Gasteiger partial charge in [-0.1, -0.05) is 0 Å². The van der Waals surface area contributed by atoms with E-state index in [0.717, 1.165) is 50.0 Å². The lowest BCUT2D eigenvalue weighted by Crippen LogP contribution is -2.59. The van der Waals surface area contributed by atoms with E-state index in [1.165, 1.54) is 16.2 Å². The third-order valence-electron chi connectivity index (χ3n) is 8.16. The van der Waals surface area contributed by atoms with Gasteiger partial charge in [0.25, 0.3) is 0 Å². The van der Waals surface area contributed by atoms with E-state index in [4.69, 9.17) is 20.4 Å². The molecule has 11 nitrogen and oxygen atoms in total. The Morgan fingerprint density at radius 2 is 1.84 bits per heavy atom. The lowest BCUT2D eigenvalue weighted by Gasteiger charge is -2.49. The molecular formula is C25H26N10OS. The van der Waals surface area contributed by atoms with Gasteiger partial charge in [0.1, 0.15) is 29.3 Å². The molecule has 2 bridgehead atoms. The van der Waals surface area contributed by atoms with Gasteiger partial charge in [0.2, 0.25) is 0 Å². The molecule has 12 heteroatoms. The molecule has 0 aromatic carbocycles. The van der Waals surface area contributed by atoms with Gasteiger partial charge in [-0.2, -0.15) is 25.6 Å². The van der Waals surface area contributed by atoms with Crippen molar-refractivity contribution < 1.29 is 4.74 Å². The number of rotatable bonds is 5. The van der Waals surface area contributed by atoms with Crippen molar-refractivity contribution in [1.82, 2.24) is 25.5 Å². The second-order valence-electron chi connectivity index (χ2n) is 10.4. The first-order chi connectivity index (χ1) is 18.1. The van der Waals surface area contributed by atoms with Crippen LogP contribution in [-0.2, 0) is 18.4 Å². The molecule has 1 spiro atoms. The molecule has 3 aromatic rings. The summed E-state index contributed by atoms with van der Waals surface area (Å²) in [6, 6.07) is 7.63. The number of piperazine rings is 1. The van der Waals surface area contributed by atoms with Gasteiger partial charge in [-0.3, -0.25) is 5.10 Å². The molecule has 3 fully saturated rings. The number of aromatic amines is 1. The third kappa shape index (κ3) is 3.51.